The van der Waals surface area contributed by atoms with Crippen molar-refractivity contribution in [1.82, 2.24) is 20.3 Å². The predicted octanol–water partition coefficient (Wildman–Crippen LogP) is 4.25. The Morgan fingerprint density at radius 1 is 1.03 bits per heavy atom. The van der Waals surface area contributed by atoms with Gasteiger partial charge in [0.2, 0.25) is 0 Å². The smallest absolute Gasteiger partial charge is 0.261 e. The zero-order valence-electron chi connectivity index (χ0n) is 21.7. The Bertz CT molecular complexity index is 1440. The quantitative estimate of drug-likeness (QED) is 0.248. The minimum atomic E-state index is -3.71. The number of aryl methyl sites for hydroxylation is 1. The van der Waals surface area contributed by atoms with Gasteiger partial charge in [-0.05, 0) is 74.4 Å². The summed E-state index contributed by atoms with van der Waals surface area (Å²) < 4.78 is 34.9. The lowest BCUT2D eigenvalue weighted by atomic mass is 9.99. The van der Waals surface area contributed by atoms with Crippen molar-refractivity contribution in [3.63, 3.8) is 0 Å². The molecule has 9 nitrogen and oxygen atoms in total. The summed E-state index contributed by atoms with van der Waals surface area (Å²) in [6, 6.07) is 22.6. The number of anilines is 1. The maximum absolute atomic E-state index is 12.6. The number of nitrogens with zero attached hydrogens (tertiary/aromatic N) is 3. The van der Waals surface area contributed by atoms with E-state index in [0.29, 0.717) is 24.3 Å². The average molecular weight is 536 g/mol. The fraction of sp³-hybridized carbons (Fsp3) is 0.286. The molecule has 1 aromatic heterocycles. The molecule has 0 saturated heterocycles. The third-order valence-electron chi connectivity index (χ3n) is 6.24. The zero-order valence-corrected chi connectivity index (χ0v) is 22.5. The SMILES string of the molecule is COc1ccc(-c2cn(CCC(C)(C)NC[C@H](O)c3cccc(NS(=O)(=O)c4ccccc4)c3)nn2)cc1. The van der Waals surface area contributed by atoms with E-state index in [-0.39, 0.29) is 10.4 Å². The van der Waals surface area contributed by atoms with E-state index in [9.17, 15) is 13.5 Å². The summed E-state index contributed by atoms with van der Waals surface area (Å²) in [5.74, 6) is 0.788. The minimum absolute atomic E-state index is 0.179. The van der Waals surface area contributed by atoms with Crippen LogP contribution in [0.25, 0.3) is 11.3 Å². The van der Waals surface area contributed by atoms with Crippen LogP contribution < -0.4 is 14.8 Å². The van der Waals surface area contributed by atoms with Gasteiger partial charge in [0.05, 0.1) is 24.3 Å². The van der Waals surface area contributed by atoms with Gasteiger partial charge in [0.25, 0.3) is 10.0 Å². The summed E-state index contributed by atoms with van der Waals surface area (Å²) in [7, 11) is -2.08. The highest BCUT2D eigenvalue weighted by molar-refractivity contribution is 7.92. The van der Waals surface area contributed by atoms with E-state index in [0.717, 1.165) is 23.4 Å². The van der Waals surface area contributed by atoms with Gasteiger partial charge in [-0.15, -0.1) is 5.10 Å². The predicted molar refractivity (Wildman–Crippen MR) is 147 cm³/mol. The number of hydrogen-bond donors (Lipinski definition) is 3. The van der Waals surface area contributed by atoms with Crippen molar-refractivity contribution in [2.45, 2.75) is 43.4 Å². The number of benzene rings is 3. The summed E-state index contributed by atoms with van der Waals surface area (Å²) in [5, 5.41) is 22.7. The van der Waals surface area contributed by atoms with Gasteiger partial charge in [-0.1, -0.05) is 35.5 Å². The molecule has 0 unspecified atom stereocenters. The second kappa shape index (κ2) is 11.8. The molecule has 38 heavy (non-hydrogen) atoms. The van der Waals surface area contributed by atoms with E-state index in [1.807, 2.05) is 35.1 Å². The molecule has 0 radical (unpaired) electrons. The fourth-order valence-electron chi connectivity index (χ4n) is 3.90. The Hall–Kier alpha value is -3.73. The van der Waals surface area contributed by atoms with Gasteiger partial charge in [0.15, 0.2) is 0 Å². The molecule has 3 N–H and O–H groups in total. The zero-order chi connectivity index (χ0) is 27.2. The number of rotatable bonds is 12. The number of aliphatic hydroxyl groups excluding tert-OH is 1. The average Bonchev–Trinajstić information content (AvgIpc) is 3.40. The number of methoxy groups -OCH3 is 1. The van der Waals surface area contributed by atoms with E-state index < -0.39 is 16.1 Å². The first-order chi connectivity index (χ1) is 18.1. The molecule has 0 aliphatic rings. The van der Waals surface area contributed by atoms with Crippen LogP contribution in [0, 0.1) is 0 Å². The van der Waals surface area contributed by atoms with Crippen molar-refractivity contribution >= 4 is 15.7 Å². The standard InChI is InChI=1S/C28H33N5O4S/c1-28(2,16-17-33-20-26(30-32-33)21-12-14-24(37-3)15-13-21)29-19-27(34)22-8-7-9-23(18-22)31-38(35,36)25-10-5-4-6-11-25/h4-15,18,20,27,29,31,34H,16-17,19H2,1-3H3/t27-/m0/s1. The van der Waals surface area contributed by atoms with E-state index in [1.165, 1.54) is 12.1 Å². The van der Waals surface area contributed by atoms with Crippen molar-refractivity contribution in [3.8, 4) is 17.0 Å². The van der Waals surface area contributed by atoms with E-state index in [4.69, 9.17) is 4.74 Å². The van der Waals surface area contributed by atoms with E-state index in [1.54, 1.807) is 49.6 Å². The van der Waals surface area contributed by atoms with Crippen molar-refractivity contribution in [2.75, 3.05) is 18.4 Å². The first-order valence-corrected chi connectivity index (χ1v) is 13.8. The molecule has 4 aromatic rings. The first-order valence-electron chi connectivity index (χ1n) is 12.3. The molecule has 0 spiro atoms. The summed E-state index contributed by atoms with van der Waals surface area (Å²) in [6.07, 6.45) is 1.85. The normalized spacial score (nSPS) is 12.7. The van der Waals surface area contributed by atoms with Crippen molar-refractivity contribution in [2.24, 2.45) is 0 Å². The largest absolute Gasteiger partial charge is 0.497 e. The number of nitrogens with one attached hydrogen (secondary N) is 2. The summed E-state index contributed by atoms with van der Waals surface area (Å²) >= 11 is 0. The molecule has 0 aliphatic heterocycles. The molecule has 0 amide bonds. The molecular formula is C28H33N5O4S. The number of aromatic nitrogens is 3. The fourth-order valence-corrected chi connectivity index (χ4v) is 4.97. The number of sulfonamides is 1. The third kappa shape index (κ3) is 7.18. The molecule has 1 heterocycles. The van der Waals surface area contributed by atoms with Gasteiger partial charge in [-0.25, -0.2) is 8.42 Å². The molecule has 3 aromatic carbocycles. The first kappa shape index (κ1) is 27.3. The molecule has 200 valence electrons. The van der Waals surface area contributed by atoms with Crippen LogP contribution in [0.5, 0.6) is 5.75 Å². The summed E-state index contributed by atoms with van der Waals surface area (Å²) in [5.41, 5.74) is 2.47. The second-order valence-corrected chi connectivity index (χ2v) is 11.4. The molecule has 4 rings (SSSR count). The van der Waals surface area contributed by atoms with Gasteiger partial charge in [0.1, 0.15) is 11.4 Å². The van der Waals surface area contributed by atoms with Gasteiger partial charge in [-0.2, -0.15) is 0 Å². The number of aliphatic hydroxyl groups is 1. The summed E-state index contributed by atoms with van der Waals surface area (Å²) in [4.78, 5) is 0.179. The molecule has 10 heteroatoms. The van der Waals surface area contributed by atoms with Gasteiger partial charge in [0, 0.05) is 29.9 Å². The van der Waals surface area contributed by atoms with Crippen molar-refractivity contribution < 1.29 is 18.3 Å². The number of ether oxygens (including phenoxy) is 1. The Kier molecular flexibility index (Phi) is 8.45. The van der Waals surface area contributed by atoms with Crippen LogP contribution in [-0.2, 0) is 16.6 Å². The van der Waals surface area contributed by atoms with Crippen LogP contribution in [0.1, 0.15) is 31.9 Å². The number of β-amino-alcohol motifs (C(OH)–C–C–N with tert-alkyl or cyclic N) is 1. The second-order valence-electron chi connectivity index (χ2n) is 9.67. The van der Waals surface area contributed by atoms with E-state index >= 15 is 0 Å². The summed E-state index contributed by atoms with van der Waals surface area (Å²) in [6.45, 7) is 5.07. The van der Waals surface area contributed by atoms with Crippen molar-refractivity contribution in [3.05, 3.63) is 90.6 Å². The molecule has 0 aliphatic carbocycles. The Labute approximate surface area is 223 Å². The van der Waals surface area contributed by atoms with Crippen LogP contribution in [0.4, 0.5) is 5.69 Å². The molecule has 1 atom stereocenters. The molecule has 0 fully saturated rings. The number of hydrogen-bond acceptors (Lipinski definition) is 7. The highest BCUT2D eigenvalue weighted by atomic mass is 32.2. The van der Waals surface area contributed by atoms with Crippen LogP contribution in [0.2, 0.25) is 0 Å². The third-order valence-corrected chi connectivity index (χ3v) is 7.64. The Morgan fingerprint density at radius 3 is 2.47 bits per heavy atom. The van der Waals surface area contributed by atoms with Crippen LogP contribution in [0.3, 0.4) is 0 Å². The molecular weight excluding hydrogens is 502 g/mol. The van der Waals surface area contributed by atoms with Gasteiger partial charge >= 0.3 is 0 Å². The minimum Gasteiger partial charge on any atom is -0.497 e. The lowest BCUT2D eigenvalue weighted by Crippen LogP contribution is -2.42. The van der Waals surface area contributed by atoms with Crippen LogP contribution in [-0.4, -0.2) is 47.7 Å². The highest BCUT2D eigenvalue weighted by Crippen LogP contribution is 2.23. The molecule has 0 bridgehead atoms. The van der Waals surface area contributed by atoms with Gasteiger partial charge in [-0.3, -0.25) is 9.40 Å². The maximum Gasteiger partial charge on any atom is 0.261 e. The van der Waals surface area contributed by atoms with Crippen LogP contribution >= 0.6 is 0 Å². The Morgan fingerprint density at radius 2 is 1.76 bits per heavy atom. The van der Waals surface area contributed by atoms with Crippen molar-refractivity contribution in [1.29, 1.82) is 0 Å². The topological polar surface area (TPSA) is 118 Å². The van der Waals surface area contributed by atoms with E-state index in [2.05, 4.69) is 34.2 Å². The van der Waals surface area contributed by atoms with Crippen LogP contribution in [0.15, 0.2) is 90.0 Å². The molecule has 0 saturated carbocycles. The van der Waals surface area contributed by atoms with Gasteiger partial charge < -0.3 is 15.2 Å². The Balaban J connectivity index is 1.31. The monoisotopic (exact) mass is 535 g/mol. The maximum atomic E-state index is 12.6. The lowest BCUT2D eigenvalue weighted by Gasteiger charge is -2.28. The lowest BCUT2D eigenvalue weighted by molar-refractivity contribution is 0.158. The highest BCUT2D eigenvalue weighted by Gasteiger charge is 2.20.